The van der Waals surface area contributed by atoms with Crippen LogP contribution in [0.1, 0.15) is 6.23 Å². The standard InChI is InChI=1S/C9H11N4O5/c10-12-4-1-11-9(17)13(2-4)8-7(16)6(15)5(3-14)18-8/h1-2,5-8,14-16H,3H2/q+1/t5-,6-,7-,8-/m1/s1. The van der Waals surface area contributed by atoms with Gasteiger partial charge in [-0.2, -0.15) is 4.98 Å². The molecule has 0 radical (unpaired) electrons. The maximum Gasteiger partial charge on any atom is 0.419 e. The Hall–Kier alpha value is -1.86. The van der Waals surface area contributed by atoms with E-state index in [1.54, 1.807) is 0 Å². The molecule has 96 valence electrons. The Labute approximate surface area is 101 Å². The number of ether oxygens (including phenoxy) is 1. The van der Waals surface area contributed by atoms with E-state index in [-0.39, 0.29) is 5.69 Å². The summed E-state index contributed by atoms with van der Waals surface area (Å²) in [7, 11) is 0. The second kappa shape index (κ2) is 4.79. The normalized spacial score (nSPS) is 31.2. The smallest absolute Gasteiger partial charge is 0.394 e. The summed E-state index contributed by atoms with van der Waals surface area (Å²) in [4.78, 5) is 17.8. The van der Waals surface area contributed by atoms with E-state index >= 15 is 0 Å². The molecule has 9 heteroatoms. The van der Waals surface area contributed by atoms with Crippen molar-refractivity contribution in [2.24, 2.45) is 0 Å². The zero-order valence-electron chi connectivity index (χ0n) is 9.12. The van der Waals surface area contributed by atoms with Crippen LogP contribution in [0.15, 0.2) is 17.2 Å². The Bertz CT molecular complexity index is 538. The van der Waals surface area contributed by atoms with Gasteiger partial charge in [0.05, 0.1) is 6.61 Å². The number of hydrogen-bond acceptors (Lipinski definition) is 7. The van der Waals surface area contributed by atoms with Gasteiger partial charge in [-0.15, -0.1) is 0 Å². The summed E-state index contributed by atoms with van der Waals surface area (Å²) >= 11 is 0. The second-order valence-electron chi connectivity index (χ2n) is 3.83. The van der Waals surface area contributed by atoms with Crippen LogP contribution in [0.5, 0.6) is 0 Å². The number of aliphatic hydroxyl groups excluding tert-OH is 3. The molecule has 18 heavy (non-hydrogen) atoms. The monoisotopic (exact) mass is 255 g/mol. The fourth-order valence-electron chi connectivity index (χ4n) is 1.76. The fourth-order valence-corrected chi connectivity index (χ4v) is 1.76. The predicted molar refractivity (Wildman–Crippen MR) is 56.3 cm³/mol. The van der Waals surface area contributed by atoms with Gasteiger partial charge in [0, 0.05) is 0 Å². The summed E-state index contributed by atoms with van der Waals surface area (Å²) in [5.41, 5.74) is -0.746. The third-order valence-electron chi connectivity index (χ3n) is 2.71. The average molecular weight is 255 g/mol. The molecule has 2 heterocycles. The zero-order valence-corrected chi connectivity index (χ0v) is 9.12. The quantitative estimate of drug-likeness (QED) is 0.538. The van der Waals surface area contributed by atoms with Crippen LogP contribution in [0.3, 0.4) is 0 Å². The molecule has 1 aromatic heterocycles. The maximum absolute atomic E-state index is 11.5. The Balaban J connectivity index is 2.38. The van der Waals surface area contributed by atoms with Gasteiger partial charge in [0.25, 0.3) is 0 Å². The second-order valence-corrected chi connectivity index (χ2v) is 3.83. The van der Waals surface area contributed by atoms with Crippen LogP contribution in [-0.4, -0.2) is 49.8 Å². The molecule has 9 nitrogen and oxygen atoms in total. The van der Waals surface area contributed by atoms with E-state index in [0.717, 1.165) is 17.0 Å². The fraction of sp³-hybridized carbons (Fsp3) is 0.556. The van der Waals surface area contributed by atoms with E-state index in [4.69, 9.17) is 15.2 Å². The third kappa shape index (κ3) is 1.98. The van der Waals surface area contributed by atoms with E-state index in [1.807, 2.05) is 0 Å². The van der Waals surface area contributed by atoms with Crippen LogP contribution in [0.2, 0.25) is 0 Å². The van der Waals surface area contributed by atoms with Gasteiger partial charge < -0.3 is 20.1 Å². The van der Waals surface area contributed by atoms with E-state index < -0.39 is 36.8 Å². The molecular formula is C9H11N4O5+. The number of aliphatic hydroxyl groups is 3. The van der Waals surface area contributed by atoms with Crippen LogP contribution in [0.25, 0.3) is 4.98 Å². The van der Waals surface area contributed by atoms with Gasteiger partial charge in [-0.05, 0) is 0 Å². The Morgan fingerprint density at radius 1 is 1.50 bits per heavy atom. The molecule has 4 atom stereocenters. The number of diazo groups is 1. The van der Waals surface area contributed by atoms with Crippen molar-refractivity contribution in [3.05, 3.63) is 27.9 Å². The van der Waals surface area contributed by atoms with Crippen molar-refractivity contribution < 1.29 is 20.1 Å². The molecule has 1 aliphatic rings. The van der Waals surface area contributed by atoms with Crippen molar-refractivity contribution in [2.45, 2.75) is 24.5 Å². The average Bonchev–Trinajstić information content (AvgIpc) is 2.67. The Morgan fingerprint density at radius 3 is 2.78 bits per heavy atom. The molecule has 0 amide bonds. The van der Waals surface area contributed by atoms with Gasteiger partial charge in [0.1, 0.15) is 30.7 Å². The van der Waals surface area contributed by atoms with Gasteiger partial charge in [-0.3, -0.25) is 4.57 Å². The minimum Gasteiger partial charge on any atom is -0.394 e. The van der Waals surface area contributed by atoms with Gasteiger partial charge in [-0.25, -0.2) is 4.79 Å². The molecule has 1 saturated heterocycles. The number of nitrogens with zero attached hydrogens (tertiary/aromatic N) is 4. The first-order chi connectivity index (χ1) is 8.58. The molecule has 0 aliphatic carbocycles. The lowest BCUT2D eigenvalue weighted by molar-refractivity contribution is -0.0548. The highest BCUT2D eigenvalue weighted by Gasteiger charge is 2.44. The van der Waals surface area contributed by atoms with E-state index in [0.29, 0.717) is 0 Å². The molecule has 3 N–H and O–H groups in total. The molecule has 1 aromatic rings. The van der Waals surface area contributed by atoms with Crippen LogP contribution >= 0.6 is 0 Å². The Kier molecular flexibility index (Phi) is 3.35. The first-order valence-corrected chi connectivity index (χ1v) is 5.14. The lowest BCUT2D eigenvalue weighted by Crippen LogP contribution is -2.35. The van der Waals surface area contributed by atoms with Crippen LogP contribution in [-0.2, 0) is 4.74 Å². The number of aromatic nitrogens is 2. The third-order valence-corrected chi connectivity index (χ3v) is 2.71. The highest BCUT2D eigenvalue weighted by molar-refractivity contribution is 5.37. The van der Waals surface area contributed by atoms with Crippen LogP contribution < -0.4 is 5.69 Å². The summed E-state index contributed by atoms with van der Waals surface area (Å²) in [5.74, 6) is 0. The summed E-state index contributed by atoms with van der Waals surface area (Å²) in [6.07, 6.45) is -2.74. The van der Waals surface area contributed by atoms with Gasteiger partial charge >= 0.3 is 11.4 Å². The van der Waals surface area contributed by atoms with Crippen LogP contribution in [0.4, 0.5) is 5.69 Å². The molecule has 0 bridgehead atoms. The minimum absolute atomic E-state index is 0.00709. The van der Waals surface area contributed by atoms with E-state index in [1.165, 1.54) is 0 Å². The molecular weight excluding hydrogens is 244 g/mol. The molecule has 0 spiro atoms. The van der Waals surface area contributed by atoms with Gasteiger partial charge in [0.2, 0.25) is 5.39 Å². The number of rotatable bonds is 2. The van der Waals surface area contributed by atoms with Crippen LogP contribution in [0, 0.1) is 5.39 Å². The molecule has 0 aromatic carbocycles. The predicted octanol–water partition coefficient (Wildman–Crippen LogP) is -1.66. The van der Waals surface area contributed by atoms with Gasteiger partial charge in [-0.1, -0.05) is 0 Å². The molecule has 0 saturated carbocycles. The number of hydrogen-bond donors (Lipinski definition) is 3. The first kappa shape index (κ1) is 12.6. The topological polar surface area (TPSA) is 133 Å². The highest BCUT2D eigenvalue weighted by Crippen LogP contribution is 2.28. The summed E-state index contributed by atoms with van der Waals surface area (Å²) < 4.78 is 6.04. The molecule has 1 aliphatic heterocycles. The summed E-state index contributed by atoms with van der Waals surface area (Å²) in [5, 5.41) is 36.8. The van der Waals surface area contributed by atoms with Crippen molar-refractivity contribution in [2.75, 3.05) is 6.61 Å². The molecule has 2 rings (SSSR count). The lowest BCUT2D eigenvalue weighted by atomic mass is 10.1. The molecule has 0 unspecified atom stereocenters. The van der Waals surface area contributed by atoms with Crippen molar-refractivity contribution >= 4 is 5.69 Å². The largest absolute Gasteiger partial charge is 0.419 e. The van der Waals surface area contributed by atoms with Crippen molar-refractivity contribution in [3.63, 3.8) is 0 Å². The Morgan fingerprint density at radius 2 is 2.22 bits per heavy atom. The first-order valence-electron chi connectivity index (χ1n) is 5.14. The summed E-state index contributed by atoms with van der Waals surface area (Å²) in [6, 6.07) is 0. The highest BCUT2D eigenvalue weighted by atomic mass is 16.6. The van der Waals surface area contributed by atoms with Crippen molar-refractivity contribution in [1.29, 1.82) is 5.39 Å². The SMILES string of the molecule is N#[N+]c1cnc(=O)n([C@@H]2O[C@H](CO)[C@@H](O)[C@H]2O)c1. The molecule has 1 fully saturated rings. The van der Waals surface area contributed by atoms with Crippen molar-refractivity contribution in [1.82, 2.24) is 9.55 Å². The maximum atomic E-state index is 11.5. The summed E-state index contributed by atoms with van der Waals surface area (Å²) in [6.45, 7) is -0.499. The lowest BCUT2D eigenvalue weighted by Gasteiger charge is -2.15. The zero-order chi connectivity index (χ0) is 13.3. The van der Waals surface area contributed by atoms with Gasteiger partial charge in [0.15, 0.2) is 11.2 Å². The van der Waals surface area contributed by atoms with Crippen molar-refractivity contribution in [3.8, 4) is 0 Å². The minimum atomic E-state index is -1.39. The van der Waals surface area contributed by atoms with E-state index in [2.05, 4.69) is 9.96 Å². The van der Waals surface area contributed by atoms with E-state index in [9.17, 15) is 15.0 Å².